The van der Waals surface area contributed by atoms with Gasteiger partial charge in [0.25, 0.3) is 0 Å². The number of nitrogens with one attached hydrogen (secondary N) is 1. The second-order valence-corrected chi connectivity index (χ2v) is 3.49. The maximum atomic E-state index is 9.50. The van der Waals surface area contributed by atoms with Crippen molar-refractivity contribution in [2.24, 2.45) is 0 Å². The van der Waals surface area contributed by atoms with Crippen LogP contribution in [0.3, 0.4) is 0 Å². The van der Waals surface area contributed by atoms with E-state index < -0.39 is 0 Å². The van der Waals surface area contributed by atoms with Crippen LogP contribution in [-0.4, -0.2) is 48.8 Å². The van der Waals surface area contributed by atoms with Gasteiger partial charge in [-0.25, -0.2) is 0 Å². The van der Waals surface area contributed by atoms with Crippen molar-refractivity contribution in [3.63, 3.8) is 0 Å². The fourth-order valence-corrected chi connectivity index (χ4v) is 0.919. The Hall–Kier alpha value is -0.120. The molecule has 2 N–H and O–H groups in total. The highest BCUT2D eigenvalue weighted by molar-refractivity contribution is 4.65. The molecule has 3 heteroatoms. The first kappa shape index (κ1) is 11.9. The lowest BCUT2D eigenvalue weighted by Crippen LogP contribution is -2.39. The Balaban J connectivity index is 3.47. The molecule has 0 aliphatic rings. The van der Waals surface area contributed by atoms with Crippen molar-refractivity contribution in [3.05, 3.63) is 0 Å². The first-order valence-corrected chi connectivity index (χ1v) is 4.67. The van der Waals surface area contributed by atoms with Crippen LogP contribution < -0.4 is 5.32 Å². The van der Waals surface area contributed by atoms with Crippen molar-refractivity contribution < 1.29 is 5.11 Å². The Morgan fingerprint density at radius 3 is 2.42 bits per heavy atom. The average molecular weight is 174 g/mol. The van der Waals surface area contributed by atoms with Gasteiger partial charge in [-0.05, 0) is 27.4 Å². The van der Waals surface area contributed by atoms with Gasteiger partial charge in [0, 0.05) is 19.1 Å². The predicted molar refractivity (Wildman–Crippen MR) is 52.3 cm³/mol. The highest BCUT2D eigenvalue weighted by Crippen LogP contribution is 1.94. The largest absolute Gasteiger partial charge is 0.390 e. The van der Waals surface area contributed by atoms with Gasteiger partial charge in [-0.1, -0.05) is 6.92 Å². The summed E-state index contributed by atoms with van der Waals surface area (Å²) in [5, 5.41) is 12.6. The van der Waals surface area contributed by atoms with Gasteiger partial charge >= 0.3 is 0 Å². The Morgan fingerprint density at radius 1 is 1.42 bits per heavy atom. The molecule has 0 spiro atoms. The topological polar surface area (TPSA) is 35.5 Å². The Kier molecular flexibility index (Phi) is 6.34. The molecular formula is C9H22N2O. The van der Waals surface area contributed by atoms with Crippen LogP contribution in [0.1, 0.15) is 20.8 Å². The molecule has 1 unspecified atom stereocenters. The van der Waals surface area contributed by atoms with Crippen LogP contribution in [0.15, 0.2) is 0 Å². The molecule has 74 valence electrons. The fraction of sp³-hybridized carbons (Fsp3) is 1.00. The minimum Gasteiger partial charge on any atom is -0.390 e. The van der Waals surface area contributed by atoms with Gasteiger partial charge in [0.15, 0.2) is 0 Å². The monoisotopic (exact) mass is 174 g/mol. The van der Waals surface area contributed by atoms with Crippen LogP contribution >= 0.6 is 0 Å². The molecule has 0 aliphatic heterocycles. The Labute approximate surface area is 75.8 Å². The second-order valence-electron chi connectivity index (χ2n) is 3.49. The lowest BCUT2D eigenvalue weighted by Gasteiger charge is -2.24. The van der Waals surface area contributed by atoms with Crippen LogP contribution in [0.25, 0.3) is 0 Å². The van der Waals surface area contributed by atoms with Crippen molar-refractivity contribution in [2.75, 3.05) is 26.7 Å². The van der Waals surface area contributed by atoms with Crippen LogP contribution in [0.5, 0.6) is 0 Å². The average Bonchev–Trinajstić information content (AvgIpc) is 2.00. The maximum Gasteiger partial charge on any atom is 0.0791 e. The van der Waals surface area contributed by atoms with Crippen LogP contribution in [0, 0.1) is 0 Å². The first-order valence-electron chi connectivity index (χ1n) is 4.67. The molecule has 0 aromatic heterocycles. The smallest absolute Gasteiger partial charge is 0.0791 e. The summed E-state index contributed by atoms with van der Waals surface area (Å²) in [5.41, 5.74) is 0. The van der Waals surface area contributed by atoms with Gasteiger partial charge in [-0.2, -0.15) is 0 Å². The van der Waals surface area contributed by atoms with E-state index in [-0.39, 0.29) is 6.10 Å². The standard InChI is InChI=1S/C9H22N2O/c1-5-10-6-9(12)7-11(4)8(2)3/h8-10,12H,5-7H2,1-4H3. The van der Waals surface area contributed by atoms with E-state index >= 15 is 0 Å². The number of likely N-dealkylation sites (N-methyl/N-ethyl adjacent to an activating group) is 2. The zero-order valence-electron chi connectivity index (χ0n) is 8.67. The van der Waals surface area contributed by atoms with Crippen LogP contribution in [0.4, 0.5) is 0 Å². The third-order valence-corrected chi connectivity index (χ3v) is 2.01. The van der Waals surface area contributed by atoms with Crippen molar-refractivity contribution in [2.45, 2.75) is 32.9 Å². The molecule has 3 nitrogen and oxygen atoms in total. The number of hydrogen-bond donors (Lipinski definition) is 2. The normalized spacial score (nSPS) is 14.2. The molecule has 0 aromatic carbocycles. The molecule has 0 fully saturated rings. The molecule has 1 atom stereocenters. The van der Waals surface area contributed by atoms with Crippen molar-refractivity contribution >= 4 is 0 Å². The van der Waals surface area contributed by atoms with E-state index in [1.165, 1.54) is 0 Å². The van der Waals surface area contributed by atoms with Crippen molar-refractivity contribution in [3.8, 4) is 0 Å². The van der Waals surface area contributed by atoms with Crippen LogP contribution in [-0.2, 0) is 0 Å². The SMILES string of the molecule is CCNCC(O)CN(C)C(C)C. The second kappa shape index (κ2) is 6.40. The van der Waals surface area contributed by atoms with Crippen molar-refractivity contribution in [1.29, 1.82) is 0 Å². The lowest BCUT2D eigenvalue weighted by molar-refractivity contribution is 0.111. The van der Waals surface area contributed by atoms with E-state index in [0.717, 1.165) is 13.1 Å². The Morgan fingerprint density at radius 2 is 2.00 bits per heavy atom. The summed E-state index contributed by atoms with van der Waals surface area (Å²) in [5.74, 6) is 0. The van der Waals surface area contributed by atoms with Gasteiger partial charge in [-0.3, -0.25) is 0 Å². The first-order chi connectivity index (χ1) is 5.57. The van der Waals surface area contributed by atoms with Crippen molar-refractivity contribution in [1.82, 2.24) is 10.2 Å². The van der Waals surface area contributed by atoms with E-state index in [0.29, 0.717) is 12.6 Å². The number of hydrogen-bond acceptors (Lipinski definition) is 3. The van der Waals surface area contributed by atoms with E-state index in [9.17, 15) is 5.11 Å². The molecule has 0 aliphatic carbocycles. The molecule has 0 heterocycles. The third kappa shape index (κ3) is 5.52. The minimum absolute atomic E-state index is 0.252. The third-order valence-electron chi connectivity index (χ3n) is 2.01. The molecule has 0 radical (unpaired) electrons. The highest BCUT2D eigenvalue weighted by Gasteiger charge is 2.09. The van der Waals surface area contributed by atoms with Gasteiger partial charge in [0.05, 0.1) is 6.10 Å². The van der Waals surface area contributed by atoms with Gasteiger partial charge in [-0.15, -0.1) is 0 Å². The molecule has 0 amide bonds. The summed E-state index contributed by atoms with van der Waals surface area (Å²) < 4.78 is 0. The van der Waals surface area contributed by atoms with Crippen LogP contribution in [0.2, 0.25) is 0 Å². The number of nitrogens with zero attached hydrogens (tertiary/aromatic N) is 1. The maximum absolute atomic E-state index is 9.50. The molecule has 0 saturated carbocycles. The molecule has 12 heavy (non-hydrogen) atoms. The Bertz CT molecular complexity index is 107. The molecule has 0 rings (SSSR count). The summed E-state index contributed by atoms with van der Waals surface area (Å²) in [6, 6.07) is 0.501. The quantitative estimate of drug-likeness (QED) is 0.608. The lowest BCUT2D eigenvalue weighted by atomic mass is 10.3. The van der Waals surface area contributed by atoms with E-state index in [2.05, 4.69) is 24.1 Å². The summed E-state index contributed by atoms with van der Waals surface area (Å²) in [6.07, 6.45) is -0.252. The number of aliphatic hydroxyl groups excluding tert-OH is 1. The van der Waals surface area contributed by atoms with Gasteiger partial charge in [0.1, 0.15) is 0 Å². The molecule has 0 bridgehead atoms. The predicted octanol–water partition coefficient (Wildman–Crippen LogP) is 0.297. The van der Waals surface area contributed by atoms with E-state index in [1.807, 2.05) is 14.0 Å². The summed E-state index contributed by atoms with van der Waals surface area (Å²) in [4.78, 5) is 2.14. The van der Waals surface area contributed by atoms with E-state index in [4.69, 9.17) is 0 Å². The minimum atomic E-state index is -0.252. The van der Waals surface area contributed by atoms with Gasteiger partial charge < -0.3 is 15.3 Å². The van der Waals surface area contributed by atoms with Gasteiger partial charge in [0.2, 0.25) is 0 Å². The van der Waals surface area contributed by atoms with E-state index in [1.54, 1.807) is 0 Å². The summed E-state index contributed by atoms with van der Waals surface area (Å²) in [7, 11) is 2.03. The molecule has 0 aromatic rings. The molecule has 0 saturated heterocycles. The number of rotatable bonds is 6. The highest BCUT2D eigenvalue weighted by atomic mass is 16.3. The summed E-state index contributed by atoms with van der Waals surface area (Å²) in [6.45, 7) is 8.64. The summed E-state index contributed by atoms with van der Waals surface area (Å²) >= 11 is 0. The number of aliphatic hydroxyl groups is 1. The fourth-order valence-electron chi connectivity index (χ4n) is 0.919. The molecular weight excluding hydrogens is 152 g/mol. The zero-order valence-corrected chi connectivity index (χ0v) is 8.67. The zero-order chi connectivity index (χ0) is 9.56.